The Kier molecular flexibility index (Phi) is 14.2. The number of nitrogens with two attached hydrogens (primary N) is 1. The maximum absolute atomic E-state index is 13.5. The highest BCUT2D eigenvalue weighted by molar-refractivity contribution is 6.07. The van der Waals surface area contributed by atoms with Crippen LogP contribution in [0.3, 0.4) is 0 Å². The topological polar surface area (TPSA) is 245 Å². The maximum Gasteiger partial charge on any atom is 0.416 e. The summed E-state index contributed by atoms with van der Waals surface area (Å²) in [5.74, 6) is -1.13. The second-order valence-electron chi connectivity index (χ2n) is 16.6. The minimum atomic E-state index is -4.60. The third kappa shape index (κ3) is 11.0. The van der Waals surface area contributed by atoms with Gasteiger partial charge >= 0.3 is 12.2 Å². The molecule has 22 heteroatoms. The summed E-state index contributed by atoms with van der Waals surface area (Å²) in [6, 6.07) is 11.8. The number of benzene rings is 2. The monoisotopic (exact) mass is 951 g/mol. The Morgan fingerprint density at radius 1 is 0.942 bits per heavy atom. The standard InChI is InChI=1S/C47H48F3N11O8/c1-68-35-12-10-30(23-34(35)60-19-14-37(62)57-46(60)67)44(65)53-17-21-69-20-15-39(64)59-18-3-2-4-33-25-54-42(51)41-40(58-43(61(33)41)29-9-11-32(22-29)55-38(63)26-59)27-5-7-28(8-6-27)45(66)56-36-24-31(13-16-52-36)47(48,49)50/h2,4-8,10,12-13,16,23-25,29,32H,3,9,11,14-15,17-22,26H2,1H3,(H2,51,54)(H,53,65)(H,55,63)(H,52,56,66)(H,57,62,67)/b4-2+/t29-,32-/m1/s1. The molecule has 19 nitrogen and oxygen atoms in total. The molecule has 0 spiro atoms. The molecule has 360 valence electrons. The van der Waals surface area contributed by atoms with E-state index >= 15 is 0 Å². The highest BCUT2D eigenvalue weighted by atomic mass is 19.4. The molecule has 2 fully saturated rings. The van der Waals surface area contributed by atoms with Crippen LogP contribution >= 0.6 is 0 Å². The molecule has 2 aromatic carbocycles. The molecule has 6 N–H and O–H groups in total. The zero-order chi connectivity index (χ0) is 48.8. The molecular weight excluding hydrogens is 904 g/mol. The average Bonchev–Trinajstić information content (AvgIpc) is 3.97. The highest BCUT2D eigenvalue weighted by Gasteiger charge is 2.34. The summed E-state index contributed by atoms with van der Waals surface area (Å²) in [6.45, 7) is 0.460. The Bertz CT molecular complexity index is 2830. The predicted molar refractivity (Wildman–Crippen MR) is 245 cm³/mol. The summed E-state index contributed by atoms with van der Waals surface area (Å²) in [7, 11) is 1.43. The summed E-state index contributed by atoms with van der Waals surface area (Å²) in [5.41, 5.74) is 8.70. The summed E-state index contributed by atoms with van der Waals surface area (Å²) in [4.78, 5) is 93.3. The molecule has 69 heavy (non-hydrogen) atoms. The number of imidazole rings is 1. The molecule has 7 amide bonds. The Hall–Kier alpha value is -7.88. The molecule has 5 heterocycles. The number of halogens is 3. The van der Waals surface area contributed by atoms with Gasteiger partial charge in [0.2, 0.25) is 17.7 Å². The smallest absolute Gasteiger partial charge is 0.416 e. The minimum Gasteiger partial charge on any atom is -0.495 e. The Morgan fingerprint density at radius 3 is 2.51 bits per heavy atom. The van der Waals surface area contributed by atoms with E-state index in [1.807, 2.05) is 16.6 Å². The van der Waals surface area contributed by atoms with Crippen LogP contribution in [0, 0.1) is 0 Å². The first kappa shape index (κ1) is 47.6. The largest absolute Gasteiger partial charge is 0.495 e. The van der Waals surface area contributed by atoms with Crippen LogP contribution in [-0.4, -0.2) is 112 Å². The van der Waals surface area contributed by atoms with Gasteiger partial charge in [0.25, 0.3) is 11.8 Å². The summed E-state index contributed by atoms with van der Waals surface area (Å²) < 4.78 is 52.7. The number of methoxy groups -OCH3 is 1. The van der Waals surface area contributed by atoms with Crippen molar-refractivity contribution in [2.75, 3.05) is 62.5 Å². The number of anilines is 3. The number of fused-ring (bicyclic) bond motifs is 3. The van der Waals surface area contributed by atoms with Gasteiger partial charge in [-0.1, -0.05) is 18.2 Å². The SMILES string of the molecule is COc1ccc(C(=O)NCCOCCC(=O)N2CC/C=C/c3cnc(N)c4c(-c5ccc(C(=O)Nc6cc(C(F)(F)F)ccn6)cc5)nc(n34)[C@@H]3CC[C@H](C3)NC(=O)C2)cc1N1CCC(=O)NC1=O. The van der Waals surface area contributed by atoms with Gasteiger partial charge in [-0.3, -0.25) is 38.6 Å². The first-order chi connectivity index (χ1) is 33.2. The molecule has 1 saturated heterocycles. The van der Waals surface area contributed by atoms with E-state index in [1.54, 1.807) is 30.5 Å². The van der Waals surface area contributed by atoms with Crippen molar-refractivity contribution in [3.05, 3.63) is 101 Å². The van der Waals surface area contributed by atoms with Crippen LogP contribution in [0.5, 0.6) is 5.75 Å². The Balaban J connectivity index is 0.900. The molecule has 1 saturated carbocycles. The number of carbonyl (C=O) groups excluding carboxylic acids is 6. The zero-order valence-corrected chi connectivity index (χ0v) is 37.3. The van der Waals surface area contributed by atoms with Crippen molar-refractivity contribution in [2.24, 2.45) is 0 Å². The number of carbonyl (C=O) groups is 6. The molecule has 8 rings (SSSR count). The van der Waals surface area contributed by atoms with E-state index in [2.05, 4.69) is 31.2 Å². The number of hydrogen-bond acceptors (Lipinski definition) is 12. The summed E-state index contributed by atoms with van der Waals surface area (Å²) in [6.07, 6.45) is 4.13. The lowest BCUT2D eigenvalue weighted by Gasteiger charge is -2.28. The van der Waals surface area contributed by atoms with E-state index in [9.17, 15) is 41.9 Å². The number of nitrogens with one attached hydrogen (secondary N) is 4. The van der Waals surface area contributed by atoms with Crippen molar-refractivity contribution in [1.82, 2.24) is 40.2 Å². The van der Waals surface area contributed by atoms with Crippen molar-refractivity contribution in [3.63, 3.8) is 0 Å². The van der Waals surface area contributed by atoms with Crippen molar-refractivity contribution in [2.45, 2.75) is 56.7 Å². The number of aromatic nitrogens is 4. The molecule has 2 atom stereocenters. The van der Waals surface area contributed by atoms with E-state index in [4.69, 9.17) is 20.2 Å². The molecule has 5 aromatic rings. The molecule has 2 bridgehead atoms. The van der Waals surface area contributed by atoms with E-state index in [-0.39, 0.29) is 105 Å². The number of pyridine rings is 1. The van der Waals surface area contributed by atoms with E-state index in [0.29, 0.717) is 65.4 Å². The van der Waals surface area contributed by atoms with Crippen LogP contribution in [-0.2, 0) is 25.3 Å². The lowest BCUT2D eigenvalue weighted by atomic mass is 10.1. The first-order valence-electron chi connectivity index (χ1n) is 22.2. The molecule has 3 aromatic heterocycles. The van der Waals surface area contributed by atoms with Gasteiger partial charge in [0.1, 0.15) is 34.4 Å². The molecule has 0 radical (unpaired) electrons. The molecule has 3 aliphatic rings. The van der Waals surface area contributed by atoms with Gasteiger partial charge in [0, 0.05) is 60.9 Å². The Labute approximate surface area is 392 Å². The zero-order valence-electron chi connectivity index (χ0n) is 37.3. The lowest BCUT2D eigenvalue weighted by Crippen LogP contribution is -2.49. The van der Waals surface area contributed by atoms with Crippen molar-refractivity contribution in [3.8, 4) is 17.0 Å². The van der Waals surface area contributed by atoms with Gasteiger partial charge in [0.05, 0.1) is 56.4 Å². The number of alkyl halides is 3. The van der Waals surface area contributed by atoms with Gasteiger partial charge in [-0.05, 0) is 74.2 Å². The summed E-state index contributed by atoms with van der Waals surface area (Å²) in [5, 5.41) is 10.5. The van der Waals surface area contributed by atoms with Gasteiger partial charge in [0.15, 0.2) is 0 Å². The van der Waals surface area contributed by atoms with E-state index < -0.39 is 29.6 Å². The van der Waals surface area contributed by atoms with Crippen LogP contribution in [0.25, 0.3) is 22.9 Å². The number of rotatable bonds is 12. The average molecular weight is 952 g/mol. The normalized spacial score (nSPS) is 18.0. The maximum atomic E-state index is 13.5. The molecule has 2 aliphatic heterocycles. The number of ether oxygens (including phenoxy) is 2. The number of hydrogen-bond donors (Lipinski definition) is 5. The van der Waals surface area contributed by atoms with Crippen molar-refractivity contribution in [1.29, 1.82) is 0 Å². The van der Waals surface area contributed by atoms with Crippen molar-refractivity contribution >= 4 is 64.5 Å². The molecule has 0 unspecified atom stereocenters. The number of amides is 7. The van der Waals surface area contributed by atoms with Gasteiger partial charge in [-0.2, -0.15) is 13.2 Å². The quantitative estimate of drug-likeness (QED) is 0.105. The number of nitrogens with zero attached hydrogens (tertiary/aromatic N) is 6. The number of nitrogen functional groups attached to an aromatic ring is 1. The fourth-order valence-electron chi connectivity index (χ4n) is 8.54. The van der Waals surface area contributed by atoms with Crippen LogP contribution in [0.15, 0.2) is 73.1 Å². The third-order valence-corrected chi connectivity index (χ3v) is 12.0. The van der Waals surface area contributed by atoms with Gasteiger partial charge in [-0.25, -0.2) is 19.7 Å². The van der Waals surface area contributed by atoms with Gasteiger partial charge < -0.3 is 36.1 Å². The fourth-order valence-corrected chi connectivity index (χ4v) is 8.54. The minimum absolute atomic E-state index is 0.0128. The van der Waals surface area contributed by atoms with Crippen molar-refractivity contribution < 1.29 is 51.4 Å². The van der Waals surface area contributed by atoms with Crippen LogP contribution in [0.1, 0.15) is 82.2 Å². The second-order valence-corrected chi connectivity index (χ2v) is 16.6. The molecule has 1 aliphatic carbocycles. The third-order valence-electron chi connectivity index (χ3n) is 12.0. The van der Waals surface area contributed by atoms with Gasteiger partial charge in [-0.15, -0.1) is 0 Å². The number of urea groups is 1. The lowest BCUT2D eigenvalue weighted by molar-refractivity contribution is -0.137. The van der Waals surface area contributed by atoms with Crippen LogP contribution < -0.4 is 36.6 Å². The second kappa shape index (κ2) is 20.6. The number of imide groups is 1. The fraction of sp³-hybridized carbons (Fsp3) is 0.340. The van der Waals surface area contributed by atoms with E-state index in [1.165, 1.54) is 35.1 Å². The summed E-state index contributed by atoms with van der Waals surface area (Å²) >= 11 is 0. The van der Waals surface area contributed by atoms with Crippen LogP contribution in [0.2, 0.25) is 0 Å². The predicted octanol–water partition coefficient (Wildman–Crippen LogP) is 4.93. The highest BCUT2D eigenvalue weighted by Crippen LogP contribution is 2.39. The Morgan fingerprint density at radius 2 is 1.74 bits per heavy atom. The van der Waals surface area contributed by atoms with E-state index in [0.717, 1.165) is 18.3 Å². The van der Waals surface area contributed by atoms with Crippen LogP contribution in [0.4, 0.5) is 35.3 Å². The molecular formula is C47H48F3N11O8. The first-order valence-corrected chi connectivity index (χ1v) is 22.2.